The van der Waals surface area contributed by atoms with Gasteiger partial charge in [-0.2, -0.15) is 0 Å². The van der Waals surface area contributed by atoms with Crippen LogP contribution in [0.15, 0.2) is 18.2 Å². The van der Waals surface area contributed by atoms with Crippen molar-refractivity contribution in [2.45, 2.75) is 45.1 Å². The van der Waals surface area contributed by atoms with Gasteiger partial charge in [0.2, 0.25) is 0 Å². The molecule has 1 aliphatic rings. The fraction of sp³-hybridized carbons (Fsp3) is 0.533. The Hall–Kier alpha value is -1.58. The summed E-state index contributed by atoms with van der Waals surface area (Å²) in [7, 11) is 0. The van der Waals surface area contributed by atoms with Crippen LogP contribution in [0, 0.1) is 12.7 Å². The van der Waals surface area contributed by atoms with E-state index in [1.54, 1.807) is 6.92 Å². The first kappa shape index (κ1) is 13.8. The van der Waals surface area contributed by atoms with Gasteiger partial charge >= 0.3 is 5.97 Å². The van der Waals surface area contributed by atoms with Crippen LogP contribution in [0.5, 0.6) is 0 Å². The van der Waals surface area contributed by atoms with Crippen molar-refractivity contribution in [2.75, 3.05) is 11.9 Å². The van der Waals surface area contributed by atoms with E-state index in [4.69, 9.17) is 4.74 Å². The minimum absolute atomic E-state index is 0.227. The largest absolute Gasteiger partial charge is 0.464 e. The number of ether oxygens (including phenoxy) is 1. The lowest BCUT2D eigenvalue weighted by Gasteiger charge is -2.29. The summed E-state index contributed by atoms with van der Waals surface area (Å²) in [6, 6.07) is 4.74. The van der Waals surface area contributed by atoms with E-state index in [0.717, 1.165) is 31.2 Å². The molecule has 4 heteroatoms. The Labute approximate surface area is 113 Å². The average Bonchev–Trinajstić information content (AvgIpc) is 2.77. The second-order valence-electron chi connectivity index (χ2n) is 5.15. The molecule has 3 nitrogen and oxygen atoms in total. The van der Waals surface area contributed by atoms with E-state index in [0.29, 0.717) is 12.3 Å². The van der Waals surface area contributed by atoms with Gasteiger partial charge in [0, 0.05) is 5.69 Å². The predicted octanol–water partition coefficient (Wildman–Crippen LogP) is 3.42. The quantitative estimate of drug-likeness (QED) is 0.848. The van der Waals surface area contributed by atoms with Gasteiger partial charge < -0.3 is 10.1 Å². The van der Waals surface area contributed by atoms with E-state index >= 15 is 0 Å². The SMILES string of the molecule is CCOC(=O)C1(Nc2cc(C)cc(F)c2)CCCC1. The van der Waals surface area contributed by atoms with Gasteiger partial charge in [-0.25, -0.2) is 9.18 Å². The van der Waals surface area contributed by atoms with Gasteiger partial charge in [-0.05, 0) is 50.5 Å². The number of rotatable bonds is 4. The Bertz CT molecular complexity index is 447. The first-order chi connectivity index (χ1) is 9.05. The van der Waals surface area contributed by atoms with Gasteiger partial charge in [-0.15, -0.1) is 0 Å². The third kappa shape index (κ3) is 3.06. The van der Waals surface area contributed by atoms with Crippen molar-refractivity contribution >= 4 is 11.7 Å². The van der Waals surface area contributed by atoms with Crippen LogP contribution in [0.25, 0.3) is 0 Å². The van der Waals surface area contributed by atoms with Gasteiger partial charge in [0.05, 0.1) is 6.61 Å². The second-order valence-corrected chi connectivity index (χ2v) is 5.15. The number of carbonyl (C=O) groups excluding carboxylic acids is 1. The monoisotopic (exact) mass is 265 g/mol. The van der Waals surface area contributed by atoms with Crippen LogP contribution < -0.4 is 5.32 Å². The highest BCUT2D eigenvalue weighted by molar-refractivity contribution is 5.85. The fourth-order valence-corrected chi connectivity index (χ4v) is 2.71. The molecule has 104 valence electrons. The molecule has 0 saturated heterocycles. The lowest BCUT2D eigenvalue weighted by molar-refractivity contribution is -0.148. The third-order valence-electron chi connectivity index (χ3n) is 3.55. The van der Waals surface area contributed by atoms with E-state index in [1.807, 2.05) is 13.0 Å². The molecule has 0 spiro atoms. The lowest BCUT2D eigenvalue weighted by atomic mass is 9.97. The van der Waals surface area contributed by atoms with E-state index in [9.17, 15) is 9.18 Å². The van der Waals surface area contributed by atoms with Crippen molar-refractivity contribution in [3.8, 4) is 0 Å². The number of esters is 1. The summed E-state index contributed by atoms with van der Waals surface area (Å²) in [4.78, 5) is 12.2. The van der Waals surface area contributed by atoms with E-state index in [2.05, 4.69) is 5.32 Å². The lowest BCUT2D eigenvalue weighted by Crippen LogP contribution is -2.45. The normalized spacial score (nSPS) is 17.2. The number of hydrogen-bond donors (Lipinski definition) is 1. The minimum atomic E-state index is -0.684. The molecule has 19 heavy (non-hydrogen) atoms. The first-order valence-corrected chi connectivity index (χ1v) is 6.78. The highest BCUT2D eigenvalue weighted by Gasteiger charge is 2.42. The van der Waals surface area contributed by atoms with Crippen molar-refractivity contribution < 1.29 is 13.9 Å². The molecule has 0 unspecified atom stereocenters. The highest BCUT2D eigenvalue weighted by atomic mass is 19.1. The van der Waals surface area contributed by atoms with Crippen molar-refractivity contribution in [2.24, 2.45) is 0 Å². The zero-order valence-corrected chi connectivity index (χ0v) is 11.5. The van der Waals surface area contributed by atoms with Crippen LogP contribution in [0.1, 0.15) is 38.2 Å². The molecular formula is C15H20FNO2. The Balaban J connectivity index is 2.23. The van der Waals surface area contributed by atoms with Gasteiger partial charge in [-0.3, -0.25) is 0 Å². The molecule has 0 radical (unpaired) electrons. The molecule has 1 fully saturated rings. The topological polar surface area (TPSA) is 38.3 Å². The predicted molar refractivity (Wildman–Crippen MR) is 72.6 cm³/mol. The zero-order valence-electron chi connectivity index (χ0n) is 11.5. The summed E-state index contributed by atoms with van der Waals surface area (Å²) in [6.07, 6.45) is 3.45. The summed E-state index contributed by atoms with van der Waals surface area (Å²) in [5.74, 6) is -0.520. The number of carbonyl (C=O) groups is 1. The fourth-order valence-electron chi connectivity index (χ4n) is 2.71. The molecule has 2 rings (SSSR count). The second kappa shape index (κ2) is 5.59. The van der Waals surface area contributed by atoms with Crippen LogP contribution in [0.2, 0.25) is 0 Å². The number of aryl methyl sites for hydroxylation is 1. The summed E-state index contributed by atoms with van der Waals surface area (Å²) < 4.78 is 18.6. The molecule has 0 bridgehead atoms. The molecule has 1 saturated carbocycles. The molecule has 1 aromatic carbocycles. The maximum absolute atomic E-state index is 13.4. The van der Waals surface area contributed by atoms with Crippen molar-refractivity contribution in [3.05, 3.63) is 29.6 Å². The summed E-state index contributed by atoms with van der Waals surface area (Å²) in [6.45, 7) is 4.00. The zero-order chi connectivity index (χ0) is 13.9. The van der Waals surface area contributed by atoms with Crippen molar-refractivity contribution in [1.29, 1.82) is 0 Å². The molecule has 0 amide bonds. The van der Waals surface area contributed by atoms with Crippen LogP contribution in [0.3, 0.4) is 0 Å². The van der Waals surface area contributed by atoms with Gasteiger partial charge in [0.25, 0.3) is 0 Å². The highest BCUT2D eigenvalue weighted by Crippen LogP contribution is 2.34. The van der Waals surface area contributed by atoms with Crippen molar-refractivity contribution in [1.82, 2.24) is 0 Å². The Kier molecular flexibility index (Phi) is 4.08. The Morgan fingerprint density at radius 3 is 2.63 bits per heavy atom. The molecule has 1 aromatic rings. The molecule has 0 aromatic heterocycles. The summed E-state index contributed by atoms with van der Waals surface area (Å²) in [5, 5.41) is 3.21. The average molecular weight is 265 g/mol. The summed E-state index contributed by atoms with van der Waals surface area (Å²) >= 11 is 0. The van der Waals surface area contributed by atoms with Gasteiger partial charge in [-0.1, -0.05) is 12.8 Å². The molecule has 0 atom stereocenters. The van der Waals surface area contributed by atoms with Crippen LogP contribution in [0.4, 0.5) is 10.1 Å². The van der Waals surface area contributed by atoms with E-state index < -0.39 is 5.54 Å². The van der Waals surface area contributed by atoms with Gasteiger partial charge in [0.15, 0.2) is 0 Å². The van der Waals surface area contributed by atoms with Gasteiger partial charge in [0.1, 0.15) is 11.4 Å². The number of anilines is 1. The van der Waals surface area contributed by atoms with Crippen LogP contribution in [-0.4, -0.2) is 18.1 Å². The molecule has 1 N–H and O–H groups in total. The smallest absolute Gasteiger partial charge is 0.331 e. The number of hydrogen-bond acceptors (Lipinski definition) is 3. The van der Waals surface area contributed by atoms with E-state index in [-0.39, 0.29) is 11.8 Å². The maximum atomic E-state index is 13.4. The molecule has 0 heterocycles. The maximum Gasteiger partial charge on any atom is 0.331 e. The number of benzene rings is 1. The van der Waals surface area contributed by atoms with Crippen LogP contribution >= 0.6 is 0 Å². The van der Waals surface area contributed by atoms with E-state index in [1.165, 1.54) is 12.1 Å². The standard InChI is InChI=1S/C15H20FNO2/c1-3-19-14(18)15(6-4-5-7-15)17-13-9-11(2)8-12(16)10-13/h8-10,17H,3-7H2,1-2H3. The Morgan fingerprint density at radius 2 is 2.05 bits per heavy atom. The minimum Gasteiger partial charge on any atom is -0.464 e. The van der Waals surface area contributed by atoms with Crippen LogP contribution in [-0.2, 0) is 9.53 Å². The molecular weight excluding hydrogens is 245 g/mol. The Morgan fingerprint density at radius 1 is 1.37 bits per heavy atom. The first-order valence-electron chi connectivity index (χ1n) is 6.78. The van der Waals surface area contributed by atoms with Crippen molar-refractivity contribution in [3.63, 3.8) is 0 Å². The summed E-state index contributed by atoms with van der Waals surface area (Å²) in [5.41, 5.74) is 0.794. The molecule has 1 aliphatic carbocycles. The third-order valence-corrected chi connectivity index (χ3v) is 3.55. The number of halogens is 1. The number of nitrogens with one attached hydrogen (secondary N) is 1. The molecule has 0 aliphatic heterocycles.